The van der Waals surface area contributed by atoms with Crippen LogP contribution < -0.4 is 20.1 Å². The lowest BCUT2D eigenvalue weighted by Gasteiger charge is -2.19. The van der Waals surface area contributed by atoms with Crippen molar-refractivity contribution >= 4 is 5.91 Å². The minimum atomic E-state index is 0.117. The second-order valence-corrected chi connectivity index (χ2v) is 6.52. The van der Waals surface area contributed by atoms with Gasteiger partial charge < -0.3 is 20.1 Å². The fourth-order valence-electron chi connectivity index (χ4n) is 3.33. The Morgan fingerprint density at radius 3 is 2.62 bits per heavy atom. The van der Waals surface area contributed by atoms with Crippen molar-refractivity contribution in [3.8, 4) is 11.5 Å². The average Bonchev–Trinajstić information content (AvgIpc) is 2.62. The smallest absolute Gasteiger partial charge is 0.275 e. The van der Waals surface area contributed by atoms with Gasteiger partial charge >= 0.3 is 0 Å². The number of hydrogen-bond acceptors (Lipinski definition) is 3. The van der Waals surface area contributed by atoms with Crippen LogP contribution >= 0.6 is 0 Å². The lowest BCUT2D eigenvalue weighted by Crippen LogP contribution is -2.87. The van der Waals surface area contributed by atoms with Crippen molar-refractivity contribution in [3.05, 3.63) is 23.8 Å². The lowest BCUT2D eigenvalue weighted by molar-refractivity contribution is -0.650. The van der Waals surface area contributed by atoms with Gasteiger partial charge in [-0.15, -0.1) is 0 Å². The number of carbonyl (C=O) groups is 1. The van der Waals surface area contributed by atoms with Crippen LogP contribution in [0.25, 0.3) is 0 Å². The van der Waals surface area contributed by atoms with Crippen molar-refractivity contribution in [3.63, 3.8) is 0 Å². The molecule has 5 nitrogen and oxygen atoms in total. The summed E-state index contributed by atoms with van der Waals surface area (Å²) in [7, 11) is 3.26. The number of benzene rings is 1. The summed E-state index contributed by atoms with van der Waals surface area (Å²) >= 11 is 0. The molecule has 1 fully saturated rings. The average molecular weight is 335 g/mol. The fourth-order valence-corrected chi connectivity index (χ4v) is 3.33. The van der Waals surface area contributed by atoms with Gasteiger partial charge in [0.15, 0.2) is 18.0 Å². The van der Waals surface area contributed by atoms with Gasteiger partial charge in [0.2, 0.25) is 0 Å². The third kappa shape index (κ3) is 6.04. The molecular weight excluding hydrogens is 304 g/mol. The summed E-state index contributed by atoms with van der Waals surface area (Å²) in [6.07, 6.45) is 7.54. The fraction of sp³-hybridized carbons (Fsp3) is 0.632. The zero-order valence-corrected chi connectivity index (χ0v) is 15.0. The monoisotopic (exact) mass is 335 g/mol. The van der Waals surface area contributed by atoms with Gasteiger partial charge in [-0.2, -0.15) is 0 Å². The van der Waals surface area contributed by atoms with Crippen molar-refractivity contribution < 1.29 is 19.6 Å². The molecule has 0 bridgehead atoms. The van der Waals surface area contributed by atoms with Crippen molar-refractivity contribution in [2.45, 2.75) is 38.5 Å². The summed E-state index contributed by atoms with van der Waals surface area (Å²) in [5.74, 6) is 2.37. The number of rotatable bonds is 9. The third-order valence-corrected chi connectivity index (χ3v) is 4.74. The van der Waals surface area contributed by atoms with Crippen LogP contribution in [0.15, 0.2) is 18.2 Å². The molecule has 0 saturated heterocycles. The molecule has 0 aromatic heterocycles. The molecule has 1 aromatic carbocycles. The largest absolute Gasteiger partial charge is 0.493 e. The van der Waals surface area contributed by atoms with E-state index in [0.717, 1.165) is 35.9 Å². The van der Waals surface area contributed by atoms with E-state index in [0.29, 0.717) is 13.1 Å². The highest BCUT2D eigenvalue weighted by Crippen LogP contribution is 2.27. The highest BCUT2D eigenvalue weighted by molar-refractivity contribution is 5.76. The molecule has 5 heteroatoms. The van der Waals surface area contributed by atoms with E-state index in [1.807, 2.05) is 18.2 Å². The third-order valence-electron chi connectivity index (χ3n) is 4.74. The summed E-state index contributed by atoms with van der Waals surface area (Å²) in [5.41, 5.74) is 1.12. The molecule has 3 N–H and O–H groups in total. The zero-order chi connectivity index (χ0) is 17.2. The summed E-state index contributed by atoms with van der Waals surface area (Å²) in [6, 6.07) is 5.86. The van der Waals surface area contributed by atoms with Crippen molar-refractivity contribution in [2.24, 2.45) is 5.92 Å². The maximum Gasteiger partial charge on any atom is 0.275 e. The number of nitrogens with one attached hydrogen (secondary N) is 1. The standard InChI is InChI=1S/C19H30N2O3/c1-23-17-9-8-15(12-18(17)24-2)10-11-21-19(22)14-20-13-16-6-4-3-5-7-16/h8-9,12,16,20H,3-7,10-11,13-14H2,1-2H3,(H,21,22)/p+1. The topological polar surface area (TPSA) is 64.2 Å². The van der Waals surface area contributed by atoms with E-state index in [1.54, 1.807) is 14.2 Å². The first kappa shape index (κ1) is 18.6. The Morgan fingerprint density at radius 1 is 1.17 bits per heavy atom. The summed E-state index contributed by atoms with van der Waals surface area (Å²) in [5, 5.41) is 5.15. The summed E-state index contributed by atoms with van der Waals surface area (Å²) in [4.78, 5) is 11.9. The number of methoxy groups -OCH3 is 2. The molecule has 0 atom stereocenters. The lowest BCUT2D eigenvalue weighted by atomic mass is 9.89. The summed E-state index contributed by atoms with van der Waals surface area (Å²) < 4.78 is 10.5. The molecule has 0 spiro atoms. The van der Waals surface area contributed by atoms with Gasteiger partial charge in [-0.05, 0) is 37.0 Å². The number of amides is 1. The second-order valence-electron chi connectivity index (χ2n) is 6.52. The van der Waals surface area contributed by atoms with Gasteiger partial charge in [-0.25, -0.2) is 0 Å². The van der Waals surface area contributed by atoms with Crippen LogP contribution in [0.3, 0.4) is 0 Å². The Hall–Kier alpha value is -1.75. The highest BCUT2D eigenvalue weighted by atomic mass is 16.5. The SMILES string of the molecule is COc1ccc(CCNC(=O)C[NH2+]CC2CCCCC2)cc1OC. The molecule has 1 saturated carbocycles. The molecule has 134 valence electrons. The molecule has 0 unspecified atom stereocenters. The maximum absolute atomic E-state index is 11.9. The van der Waals surface area contributed by atoms with Crippen LogP contribution in [-0.2, 0) is 11.2 Å². The van der Waals surface area contributed by atoms with Crippen molar-refractivity contribution in [1.29, 1.82) is 0 Å². The predicted molar refractivity (Wildman–Crippen MR) is 94.5 cm³/mol. The minimum Gasteiger partial charge on any atom is -0.493 e. The van der Waals surface area contributed by atoms with Gasteiger partial charge in [-0.1, -0.05) is 25.3 Å². The Bertz CT molecular complexity index is 513. The molecule has 0 aliphatic heterocycles. The van der Waals surface area contributed by atoms with E-state index in [2.05, 4.69) is 10.6 Å². The maximum atomic E-state index is 11.9. The number of nitrogens with two attached hydrogens (primary N) is 1. The molecule has 1 amide bonds. The van der Waals surface area contributed by atoms with E-state index < -0.39 is 0 Å². The molecule has 2 rings (SSSR count). The van der Waals surface area contributed by atoms with Crippen LogP contribution in [0.1, 0.15) is 37.7 Å². The Morgan fingerprint density at radius 2 is 1.92 bits per heavy atom. The molecule has 1 aliphatic rings. The van der Waals surface area contributed by atoms with E-state index in [9.17, 15) is 4.79 Å². The van der Waals surface area contributed by atoms with Gasteiger partial charge in [0.05, 0.1) is 20.8 Å². The first-order chi connectivity index (χ1) is 11.7. The Balaban J connectivity index is 1.63. The normalized spacial score (nSPS) is 15.1. The van der Waals surface area contributed by atoms with E-state index in [4.69, 9.17) is 9.47 Å². The number of carbonyl (C=O) groups excluding carboxylic acids is 1. The van der Waals surface area contributed by atoms with Crippen LogP contribution in [0, 0.1) is 5.92 Å². The van der Waals surface area contributed by atoms with Crippen molar-refractivity contribution in [2.75, 3.05) is 33.9 Å². The molecule has 0 heterocycles. The Labute approximate surface area is 145 Å². The first-order valence-electron chi connectivity index (χ1n) is 9.02. The quantitative estimate of drug-likeness (QED) is 0.719. The van der Waals surface area contributed by atoms with Crippen LogP contribution in [0.5, 0.6) is 11.5 Å². The van der Waals surface area contributed by atoms with Crippen LogP contribution in [-0.4, -0.2) is 39.8 Å². The van der Waals surface area contributed by atoms with Crippen LogP contribution in [0.4, 0.5) is 0 Å². The number of quaternary nitrogens is 1. The first-order valence-corrected chi connectivity index (χ1v) is 9.02. The van der Waals surface area contributed by atoms with Gasteiger partial charge in [0, 0.05) is 12.5 Å². The summed E-state index contributed by atoms with van der Waals surface area (Å²) in [6.45, 7) is 2.26. The van der Waals surface area contributed by atoms with E-state index in [-0.39, 0.29) is 5.91 Å². The van der Waals surface area contributed by atoms with Gasteiger partial charge in [0.25, 0.3) is 5.91 Å². The van der Waals surface area contributed by atoms with Crippen molar-refractivity contribution in [1.82, 2.24) is 5.32 Å². The molecule has 0 radical (unpaired) electrons. The zero-order valence-electron chi connectivity index (χ0n) is 15.0. The molecular formula is C19H31N2O3+. The highest BCUT2D eigenvalue weighted by Gasteiger charge is 2.15. The molecule has 24 heavy (non-hydrogen) atoms. The van der Waals surface area contributed by atoms with Gasteiger partial charge in [-0.3, -0.25) is 4.79 Å². The number of hydrogen-bond donors (Lipinski definition) is 2. The van der Waals surface area contributed by atoms with E-state index >= 15 is 0 Å². The van der Waals surface area contributed by atoms with E-state index in [1.165, 1.54) is 32.1 Å². The second kappa shape index (κ2) is 10.2. The molecule has 1 aliphatic carbocycles. The Kier molecular flexibility index (Phi) is 7.89. The van der Waals surface area contributed by atoms with Gasteiger partial charge in [0.1, 0.15) is 0 Å². The molecule has 1 aromatic rings. The minimum absolute atomic E-state index is 0.117. The van der Waals surface area contributed by atoms with Crippen LogP contribution in [0.2, 0.25) is 0 Å². The predicted octanol–water partition coefficient (Wildman–Crippen LogP) is 1.51. The number of ether oxygens (including phenoxy) is 2.